The van der Waals surface area contributed by atoms with Crippen molar-refractivity contribution in [1.82, 2.24) is 15.2 Å². The van der Waals surface area contributed by atoms with Crippen molar-refractivity contribution in [3.8, 4) is 0 Å². The Kier molecular flexibility index (Phi) is 5.51. The number of esters is 2. The fourth-order valence-electron chi connectivity index (χ4n) is 1.22. The summed E-state index contributed by atoms with van der Waals surface area (Å²) >= 11 is 0. The molecular weight excluding hydrogens is 268 g/mol. The normalized spacial score (nSPS) is 9.75. The molecule has 20 heavy (non-hydrogen) atoms. The Labute approximate surface area is 114 Å². The Balaban J connectivity index is 3.18. The number of hydrogen-bond acceptors (Lipinski definition) is 8. The molecule has 0 atom stereocenters. The zero-order chi connectivity index (χ0) is 15.1. The minimum atomic E-state index is -0.850. The van der Waals surface area contributed by atoms with Crippen LogP contribution in [0, 0.1) is 0 Å². The van der Waals surface area contributed by atoms with Crippen LogP contribution in [0.4, 0.5) is 5.95 Å². The number of ether oxygens (including phenoxy) is 2. The van der Waals surface area contributed by atoms with Gasteiger partial charge in [-0.2, -0.15) is 0 Å². The Hall–Kier alpha value is -2.58. The first-order valence-electron chi connectivity index (χ1n) is 5.86. The number of rotatable bonds is 5. The van der Waals surface area contributed by atoms with Crippen molar-refractivity contribution < 1.29 is 23.9 Å². The molecule has 0 aliphatic carbocycles. The monoisotopic (exact) mass is 282 g/mol. The highest BCUT2D eigenvalue weighted by Gasteiger charge is 2.24. The molecule has 0 bridgehead atoms. The zero-order valence-corrected chi connectivity index (χ0v) is 11.3. The van der Waals surface area contributed by atoms with E-state index >= 15 is 0 Å². The fraction of sp³-hybridized carbons (Fsp3) is 0.455. The van der Waals surface area contributed by atoms with Crippen LogP contribution in [-0.2, 0) is 14.3 Å². The summed E-state index contributed by atoms with van der Waals surface area (Å²) in [5, 5.41) is 9.33. The number of carbonyl (C=O) groups excluding carboxylic acids is 3. The Morgan fingerprint density at radius 2 is 1.55 bits per heavy atom. The number of anilines is 1. The molecule has 0 aliphatic rings. The van der Waals surface area contributed by atoms with Crippen LogP contribution in [0.15, 0.2) is 0 Å². The van der Waals surface area contributed by atoms with E-state index in [1.165, 1.54) is 6.92 Å². The van der Waals surface area contributed by atoms with Crippen molar-refractivity contribution in [1.29, 1.82) is 0 Å². The van der Waals surface area contributed by atoms with E-state index in [1.807, 2.05) is 0 Å². The van der Waals surface area contributed by atoms with E-state index < -0.39 is 17.8 Å². The number of amides is 1. The van der Waals surface area contributed by atoms with Gasteiger partial charge in [-0.05, 0) is 13.8 Å². The van der Waals surface area contributed by atoms with Gasteiger partial charge < -0.3 is 9.47 Å². The van der Waals surface area contributed by atoms with Gasteiger partial charge in [-0.25, -0.2) is 14.6 Å². The van der Waals surface area contributed by atoms with Gasteiger partial charge in [0.15, 0.2) is 5.69 Å². The summed E-state index contributed by atoms with van der Waals surface area (Å²) in [4.78, 5) is 38.1. The van der Waals surface area contributed by atoms with E-state index in [0.717, 1.165) is 0 Å². The third kappa shape index (κ3) is 3.97. The van der Waals surface area contributed by atoms with Crippen LogP contribution in [0.3, 0.4) is 0 Å². The molecule has 1 aromatic rings. The third-order valence-corrected chi connectivity index (χ3v) is 1.91. The minimum Gasteiger partial charge on any atom is -0.461 e. The molecule has 0 saturated heterocycles. The molecule has 0 spiro atoms. The van der Waals surface area contributed by atoms with Gasteiger partial charge in [-0.3, -0.25) is 10.1 Å². The van der Waals surface area contributed by atoms with Gasteiger partial charge in [0.2, 0.25) is 17.5 Å². The van der Waals surface area contributed by atoms with Crippen LogP contribution < -0.4 is 5.32 Å². The predicted octanol–water partition coefficient (Wildman–Crippen LogP) is 0.183. The summed E-state index contributed by atoms with van der Waals surface area (Å²) < 4.78 is 9.51. The standard InChI is InChI=1S/C11H14N4O5/c1-4-19-9(17)7-8(10(18)20-5-2)14-15-11(13-7)12-6(3)16/h4-5H2,1-3H3,(H,12,13,15,16). The highest BCUT2D eigenvalue weighted by atomic mass is 16.5. The maximum atomic E-state index is 11.7. The minimum absolute atomic E-state index is 0.0978. The number of carbonyl (C=O) groups is 3. The molecule has 1 N–H and O–H groups in total. The first kappa shape index (κ1) is 15.5. The number of nitrogens with one attached hydrogen (secondary N) is 1. The number of aromatic nitrogens is 3. The number of hydrogen-bond donors (Lipinski definition) is 1. The molecule has 1 heterocycles. The van der Waals surface area contributed by atoms with Crippen molar-refractivity contribution >= 4 is 23.8 Å². The summed E-state index contributed by atoms with van der Waals surface area (Å²) in [5.74, 6) is -2.33. The smallest absolute Gasteiger partial charge is 0.361 e. The summed E-state index contributed by atoms with van der Waals surface area (Å²) in [6.07, 6.45) is 0. The van der Waals surface area contributed by atoms with E-state index in [1.54, 1.807) is 13.8 Å². The average Bonchev–Trinajstić information content (AvgIpc) is 2.38. The Bertz CT molecular complexity index is 532. The lowest BCUT2D eigenvalue weighted by Crippen LogP contribution is -2.21. The zero-order valence-electron chi connectivity index (χ0n) is 11.3. The van der Waals surface area contributed by atoms with Crippen LogP contribution >= 0.6 is 0 Å². The first-order valence-corrected chi connectivity index (χ1v) is 5.86. The largest absolute Gasteiger partial charge is 0.461 e. The van der Waals surface area contributed by atoms with E-state index in [2.05, 4.69) is 20.5 Å². The Morgan fingerprint density at radius 1 is 1.00 bits per heavy atom. The second-order valence-electron chi connectivity index (χ2n) is 3.45. The quantitative estimate of drug-likeness (QED) is 0.759. The molecule has 108 valence electrons. The molecular formula is C11H14N4O5. The van der Waals surface area contributed by atoms with E-state index in [-0.39, 0.29) is 30.5 Å². The predicted molar refractivity (Wildman–Crippen MR) is 66.0 cm³/mol. The average molecular weight is 282 g/mol. The molecule has 9 nitrogen and oxygen atoms in total. The summed E-state index contributed by atoms with van der Waals surface area (Å²) in [5.41, 5.74) is -0.719. The van der Waals surface area contributed by atoms with Crippen LogP contribution in [0.25, 0.3) is 0 Å². The van der Waals surface area contributed by atoms with E-state index in [0.29, 0.717) is 0 Å². The van der Waals surface area contributed by atoms with Crippen molar-refractivity contribution in [2.45, 2.75) is 20.8 Å². The number of nitrogens with zero attached hydrogens (tertiary/aromatic N) is 3. The Morgan fingerprint density at radius 3 is 2.05 bits per heavy atom. The van der Waals surface area contributed by atoms with Crippen LogP contribution in [0.1, 0.15) is 41.7 Å². The van der Waals surface area contributed by atoms with E-state index in [4.69, 9.17) is 9.47 Å². The highest BCUT2D eigenvalue weighted by Crippen LogP contribution is 2.09. The molecule has 0 saturated carbocycles. The topological polar surface area (TPSA) is 120 Å². The molecule has 1 amide bonds. The van der Waals surface area contributed by atoms with Crippen LogP contribution in [-0.4, -0.2) is 46.2 Å². The lowest BCUT2D eigenvalue weighted by Gasteiger charge is -2.07. The molecule has 0 aromatic carbocycles. The fourth-order valence-corrected chi connectivity index (χ4v) is 1.22. The summed E-state index contributed by atoms with van der Waals surface area (Å²) in [6, 6.07) is 0. The van der Waals surface area contributed by atoms with Gasteiger partial charge in [0, 0.05) is 6.92 Å². The van der Waals surface area contributed by atoms with Crippen LogP contribution in [0.2, 0.25) is 0 Å². The summed E-state index contributed by atoms with van der Waals surface area (Å²) in [7, 11) is 0. The lowest BCUT2D eigenvalue weighted by molar-refractivity contribution is -0.114. The maximum Gasteiger partial charge on any atom is 0.361 e. The van der Waals surface area contributed by atoms with Gasteiger partial charge in [0.05, 0.1) is 13.2 Å². The van der Waals surface area contributed by atoms with Gasteiger partial charge in [0.1, 0.15) is 0 Å². The van der Waals surface area contributed by atoms with Crippen molar-refractivity contribution in [2.75, 3.05) is 18.5 Å². The lowest BCUT2D eigenvalue weighted by atomic mass is 10.3. The molecule has 0 aliphatic heterocycles. The van der Waals surface area contributed by atoms with Gasteiger partial charge in [-0.15, -0.1) is 10.2 Å². The van der Waals surface area contributed by atoms with Crippen molar-refractivity contribution in [2.24, 2.45) is 0 Å². The molecule has 0 unspecified atom stereocenters. The third-order valence-electron chi connectivity index (χ3n) is 1.91. The molecule has 1 aromatic heterocycles. The molecule has 0 radical (unpaired) electrons. The van der Waals surface area contributed by atoms with Gasteiger partial charge in [0.25, 0.3) is 0 Å². The van der Waals surface area contributed by atoms with Gasteiger partial charge >= 0.3 is 11.9 Å². The highest BCUT2D eigenvalue weighted by molar-refractivity contribution is 6.00. The van der Waals surface area contributed by atoms with Crippen molar-refractivity contribution in [3.63, 3.8) is 0 Å². The first-order chi connectivity index (χ1) is 9.49. The second-order valence-corrected chi connectivity index (χ2v) is 3.45. The molecule has 0 fully saturated rings. The summed E-state index contributed by atoms with van der Waals surface area (Å²) in [6.45, 7) is 4.66. The molecule has 9 heteroatoms. The SMILES string of the molecule is CCOC(=O)c1nnc(NC(C)=O)nc1C(=O)OCC. The van der Waals surface area contributed by atoms with E-state index in [9.17, 15) is 14.4 Å². The second kappa shape index (κ2) is 7.12. The van der Waals surface area contributed by atoms with Crippen molar-refractivity contribution in [3.05, 3.63) is 11.4 Å². The maximum absolute atomic E-state index is 11.7. The van der Waals surface area contributed by atoms with Crippen LogP contribution in [0.5, 0.6) is 0 Å². The molecule has 1 rings (SSSR count). The van der Waals surface area contributed by atoms with Gasteiger partial charge in [-0.1, -0.05) is 0 Å².